The van der Waals surface area contributed by atoms with Crippen molar-refractivity contribution in [1.29, 1.82) is 0 Å². The lowest BCUT2D eigenvalue weighted by molar-refractivity contribution is -0.137. The molecule has 3 rings (SSSR count). The van der Waals surface area contributed by atoms with Crippen molar-refractivity contribution < 1.29 is 13.2 Å². The van der Waals surface area contributed by atoms with Gasteiger partial charge in [0.25, 0.3) is 0 Å². The molecule has 2 aromatic rings. The second-order valence-corrected chi connectivity index (χ2v) is 8.57. The lowest BCUT2D eigenvalue weighted by Crippen LogP contribution is -2.34. The van der Waals surface area contributed by atoms with E-state index in [9.17, 15) is 13.2 Å². The third kappa shape index (κ3) is 7.00. The number of hydrogen-bond donors (Lipinski definition) is 0. The van der Waals surface area contributed by atoms with Crippen LogP contribution in [-0.2, 0) is 19.0 Å². The molecule has 0 saturated heterocycles. The molecule has 1 aliphatic heterocycles. The van der Waals surface area contributed by atoms with E-state index in [4.69, 9.17) is 11.6 Å². The Labute approximate surface area is 205 Å². The molecule has 0 atom stereocenters. The molecule has 1 aliphatic rings. The normalized spacial score (nSPS) is 14.9. The van der Waals surface area contributed by atoms with Crippen LogP contribution < -0.4 is 0 Å². The van der Waals surface area contributed by atoms with Gasteiger partial charge in [-0.25, -0.2) is 4.99 Å². The highest BCUT2D eigenvalue weighted by Gasteiger charge is 2.30. The van der Waals surface area contributed by atoms with Gasteiger partial charge in [0.05, 0.1) is 5.56 Å². The summed E-state index contributed by atoms with van der Waals surface area (Å²) in [5.41, 5.74) is 3.67. The summed E-state index contributed by atoms with van der Waals surface area (Å²) in [6, 6.07) is 13.2. The molecule has 0 amide bonds. The zero-order valence-electron chi connectivity index (χ0n) is 20.3. The number of allylic oxidation sites excluding steroid dienone is 1. The molecule has 3 nitrogen and oxygen atoms in total. The second kappa shape index (κ2) is 11.4. The van der Waals surface area contributed by atoms with Crippen molar-refractivity contribution >= 4 is 17.3 Å². The summed E-state index contributed by atoms with van der Waals surface area (Å²) in [6.07, 6.45) is -2.93. The number of aryl methyl sites for hydroxylation is 1. The Hall–Kier alpha value is -2.99. The van der Waals surface area contributed by atoms with Crippen molar-refractivity contribution in [3.63, 3.8) is 0 Å². The number of rotatable bonds is 4. The smallest absolute Gasteiger partial charge is 0.332 e. The van der Waals surface area contributed by atoms with Crippen LogP contribution in [0.2, 0.25) is 5.02 Å². The van der Waals surface area contributed by atoms with Crippen LogP contribution in [0.3, 0.4) is 0 Å². The Kier molecular flexibility index (Phi) is 9.16. The van der Waals surface area contributed by atoms with E-state index in [0.717, 1.165) is 40.7 Å². The second-order valence-electron chi connectivity index (χ2n) is 8.13. The number of alkyl halides is 3. The molecule has 182 valence electrons. The van der Waals surface area contributed by atoms with Gasteiger partial charge in [0, 0.05) is 42.5 Å². The zero-order valence-corrected chi connectivity index (χ0v) is 21.1. The number of benzene rings is 2. The third-order valence-corrected chi connectivity index (χ3v) is 5.85. The summed E-state index contributed by atoms with van der Waals surface area (Å²) in [5.74, 6) is 1.44. The van der Waals surface area contributed by atoms with E-state index < -0.39 is 11.7 Å². The van der Waals surface area contributed by atoms with E-state index in [-0.39, 0.29) is 0 Å². The summed E-state index contributed by atoms with van der Waals surface area (Å²) in [6.45, 7) is 13.9. The molecule has 0 N–H and O–H groups in total. The Morgan fingerprint density at radius 3 is 2.18 bits per heavy atom. The first kappa shape index (κ1) is 27.3. The average Bonchev–Trinajstić information content (AvgIpc) is 2.80. The summed E-state index contributed by atoms with van der Waals surface area (Å²) in [5, 5.41) is 0.812. The topological polar surface area (TPSA) is 18.8 Å². The Morgan fingerprint density at radius 1 is 1.00 bits per heavy atom. The molecule has 34 heavy (non-hydrogen) atoms. The number of hydrogen-bond acceptors (Lipinski definition) is 3. The molecule has 0 radical (unpaired) electrons. The predicted octanol–water partition coefficient (Wildman–Crippen LogP) is 7.70. The molecule has 0 spiro atoms. The van der Waals surface area contributed by atoms with Crippen molar-refractivity contribution in [2.45, 2.75) is 39.8 Å². The fourth-order valence-corrected chi connectivity index (χ4v) is 3.51. The molecule has 0 aromatic heterocycles. The minimum atomic E-state index is -4.34. The van der Waals surface area contributed by atoms with Crippen LogP contribution >= 0.6 is 11.6 Å². The fraction of sp³-hybridized carbons (Fsp3) is 0.296. The minimum Gasteiger partial charge on any atom is -0.332 e. The lowest BCUT2D eigenvalue weighted by atomic mass is 10.1. The Balaban J connectivity index is 0.000000379. The van der Waals surface area contributed by atoms with Gasteiger partial charge in [-0.15, -0.1) is 0 Å². The number of likely N-dealkylation sites (N-methyl/N-ethyl adjacent to an activating group) is 1. The zero-order chi connectivity index (χ0) is 25.6. The first-order chi connectivity index (χ1) is 15.8. The molecule has 0 aliphatic carbocycles. The average molecular weight is 490 g/mol. The summed E-state index contributed by atoms with van der Waals surface area (Å²) in [4.78, 5) is 8.33. The van der Waals surface area contributed by atoms with Crippen LogP contribution in [0.25, 0.3) is 0 Å². The summed E-state index contributed by atoms with van der Waals surface area (Å²) in [7, 11) is 3.73. The van der Waals surface area contributed by atoms with Gasteiger partial charge < -0.3 is 9.80 Å². The molecule has 7 heteroatoms. The highest BCUT2D eigenvalue weighted by atomic mass is 35.5. The first-order valence-corrected chi connectivity index (χ1v) is 11.2. The van der Waals surface area contributed by atoms with Crippen molar-refractivity contribution in [2.75, 3.05) is 14.1 Å². The van der Waals surface area contributed by atoms with Crippen LogP contribution in [0.1, 0.15) is 37.5 Å². The molecular formula is C27H31ClF3N3. The molecular weight excluding hydrogens is 459 g/mol. The van der Waals surface area contributed by atoms with E-state index in [1.54, 1.807) is 13.0 Å². The van der Waals surface area contributed by atoms with Crippen LogP contribution in [0, 0.1) is 0 Å². The Bertz CT molecular complexity index is 1100. The van der Waals surface area contributed by atoms with Crippen molar-refractivity contribution in [3.05, 3.63) is 106 Å². The molecule has 1 heterocycles. The maximum Gasteiger partial charge on any atom is 0.416 e. The van der Waals surface area contributed by atoms with Gasteiger partial charge in [-0.3, -0.25) is 0 Å². The van der Waals surface area contributed by atoms with Gasteiger partial charge in [-0.1, -0.05) is 62.0 Å². The largest absolute Gasteiger partial charge is 0.416 e. The standard InChI is InChI=1S/C19H22F3N3.C8H9Cl/c1-12(10-16-8-7-9-17(11-16)19(20,21)22)23-18-13(2)14(3)24(5)15(4)25(18)6;1-2-7-3-5-8(9)6-4-7/h7-9,11H,3-4,10H2,1-2,5-6H3;3-6H,2H2,1H3/b23-12+;. The summed E-state index contributed by atoms with van der Waals surface area (Å²) < 4.78 is 38.5. The van der Waals surface area contributed by atoms with Gasteiger partial charge in [-0.2, -0.15) is 13.2 Å². The van der Waals surface area contributed by atoms with Crippen LogP contribution in [-0.4, -0.2) is 29.6 Å². The molecule has 2 aromatic carbocycles. The van der Waals surface area contributed by atoms with E-state index >= 15 is 0 Å². The molecule has 0 saturated carbocycles. The minimum absolute atomic E-state index is 0.337. The maximum absolute atomic E-state index is 12.8. The molecule has 0 fully saturated rings. The number of nitrogens with zero attached hydrogens (tertiary/aromatic N) is 3. The third-order valence-electron chi connectivity index (χ3n) is 5.60. The maximum atomic E-state index is 12.8. The van der Waals surface area contributed by atoms with Crippen LogP contribution in [0.5, 0.6) is 0 Å². The highest BCUT2D eigenvalue weighted by Crippen LogP contribution is 2.31. The van der Waals surface area contributed by atoms with Crippen LogP contribution in [0.4, 0.5) is 13.2 Å². The van der Waals surface area contributed by atoms with E-state index in [0.29, 0.717) is 23.5 Å². The van der Waals surface area contributed by atoms with E-state index in [1.165, 1.54) is 11.6 Å². The molecule has 0 bridgehead atoms. The quantitative estimate of drug-likeness (QED) is 0.409. The first-order valence-electron chi connectivity index (χ1n) is 10.9. The van der Waals surface area contributed by atoms with Gasteiger partial charge in [0.2, 0.25) is 0 Å². The van der Waals surface area contributed by atoms with Crippen molar-refractivity contribution in [3.8, 4) is 0 Å². The van der Waals surface area contributed by atoms with E-state index in [2.05, 4.69) is 25.1 Å². The van der Waals surface area contributed by atoms with E-state index in [1.807, 2.05) is 55.1 Å². The van der Waals surface area contributed by atoms with Gasteiger partial charge in [0.1, 0.15) is 11.6 Å². The lowest BCUT2D eigenvalue weighted by Gasteiger charge is -2.37. The SMILES string of the molecule is C=C1C(C)=C(/N=C(\C)Cc2cccc(C(F)(F)F)c2)N(C)C(=C)N1C.CCc1ccc(Cl)cc1. The number of aliphatic imine (C=N–C) groups is 1. The fourth-order valence-electron chi connectivity index (χ4n) is 3.39. The van der Waals surface area contributed by atoms with Crippen molar-refractivity contribution in [1.82, 2.24) is 9.80 Å². The van der Waals surface area contributed by atoms with Gasteiger partial charge in [-0.05, 0) is 49.6 Å². The summed E-state index contributed by atoms with van der Waals surface area (Å²) >= 11 is 5.67. The Morgan fingerprint density at radius 2 is 1.62 bits per heavy atom. The van der Waals surface area contributed by atoms with Crippen molar-refractivity contribution in [2.24, 2.45) is 4.99 Å². The molecule has 0 unspecified atom stereocenters. The predicted molar refractivity (Wildman–Crippen MR) is 136 cm³/mol. The van der Waals surface area contributed by atoms with Gasteiger partial charge in [0.15, 0.2) is 0 Å². The van der Waals surface area contributed by atoms with Crippen LogP contribution in [0.15, 0.2) is 89.6 Å². The monoisotopic (exact) mass is 489 g/mol. The highest BCUT2D eigenvalue weighted by molar-refractivity contribution is 6.30. The van der Waals surface area contributed by atoms with Gasteiger partial charge >= 0.3 is 6.18 Å². The number of halogens is 4.